The van der Waals surface area contributed by atoms with Gasteiger partial charge in [0.25, 0.3) is 0 Å². The highest BCUT2D eigenvalue weighted by atomic mass is 127. The van der Waals surface area contributed by atoms with Gasteiger partial charge in [0.2, 0.25) is 0 Å². The van der Waals surface area contributed by atoms with Gasteiger partial charge in [0.05, 0.1) is 25.5 Å². The number of nitrogens with zero attached hydrogens (tertiary/aromatic N) is 3. The van der Waals surface area contributed by atoms with Gasteiger partial charge in [-0.15, -0.1) is 24.0 Å². The van der Waals surface area contributed by atoms with Crippen LogP contribution in [0.1, 0.15) is 24.3 Å². The Hall–Kier alpha value is -1.81. The summed E-state index contributed by atoms with van der Waals surface area (Å²) in [6, 6.07) is 9.30. The molecule has 0 spiro atoms. The summed E-state index contributed by atoms with van der Waals surface area (Å²) in [5.74, 6) is 1.43. The van der Waals surface area contributed by atoms with E-state index in [0.29, 0.717) is 19.0 Å². The van der Waals surface area contributed by atoms with Crippen LogP contribution in [0.15, 0.2) is 41.5 Å². The second-order valence-electron chi connectivity index (χ2n) is 5.31. The summed E-state index contributed by atoms with van der Waals surface area (Å²) in [5.41, 5.74) is 1.84. The summed E-state index contributed by atoms with van der Waals surface area (Å²) >= 11 is 0. The molecule has 0 bridgehead atoms. The highest BCUT2D eigenvalue weighted by molar-refractivity contribution is 14.0. The third kappa shape index (κ3) is 6.54. The number of hydrogen-bond acceptors (Lipinski definition) is 4. The molecule has 0 aliphatic carbocycles. The standard InChI is InChI=1S/C17H25N5O2.HI/c1-4-18-17(19-11-14-9-10-21-22(14)2)20-12-16(23)13-5-7-15(24-3)8-6-13;/h5-10,16,23H,4,11-12H2,1-3H3,(H2,18,19,20);1H. The largest absolute Gasteiger partial charge is 0.497 e. The van der Waals surface area contributed by atoms with E-state index >= 15 is 0 Å². The van der Waals surface area contributed by atoms with Crippen LogP contribution in [0.5, 0.6) is 5.75 Å². The predicted molar refractivity (Wildman–Crippen MR) is 109 cm³/mol. The minimum atomic E-state index is -0.628. The first-order valence-electron chi connectivity index (χ1n) is 7.95. The van der Waals surface area contributed by atoms with Gasteiger partial charge in [-0.25, -0.2) is 4.99 Å². The maximum Gasteiger partial charge on any atom is 0.191 e. The van der Waals surface area contributed by atoms with Crippen molar-refractivity contribution in [2.75, 3.05) is 20.2 Å². The van der Waals surface area contributed by atoms with Gasteiger partial charge in [0, 0.05) is 26.3 Å². The highest BCUT2D eigenvalue weighted by Crippen LogP contribution is 2.16. The van der Waals surface area contributed by atoms with Crippen LogP contribution in [0.4, 0.5) is 0 Å². The SMILES string of the molecule is CCNC(=NCc1ccnn1C)NCC(O)c1ccc(OC)cc1.I. The number of halogens is 1. The number of aliphatic imine (C=N–C) groups is 1. The van der Waals surface area contributed by atoms with E-state index in [1.54, 1.807) is 18.0 Å². The van der Waals surface area contributed by atoms with Gasteiger partial charge in [0.15, 0.2) is 5.96 Å². The molecule has 2 aromatic rings. The topological polar surface area (TPSA) is 83.7 Å². The van der Waals surface area contributed by atoms with Crippen molar-refractivity contribution in [3.05, 3.63) is 47.8 Å². The Bertz CT molecular complexity index is 657. The highest BCUT2D eigenvalue weighted by Gasteiger charge is 2.09. The molecule has 1 unspecified atom stereocenters. The van der Waals surface area contributed by atoms with Gasteiger partial charge < -0.3 is 20.5 Å². The van der Waals surface area contributed by atoms with Crippen LogP contribution in [0.2, 0.25) is 0 Å². The van der Waals surface area contributed by atoms with Crippen molar-refractivity contribution in [2.24, 2.45) is 12.0 Å². The fourth-order valence-corrected chi connectivity index (χ4v) is 2.20. The lowest BCUT2D eigenvalue weighted by Crippen LogP contribution is -2.39. The van der Waals surface area contributed by atoms with Crippen molar-refractivity contribution in [1.82, 2.24) is 20.4 Å². The van der Waals surface area contributed by atoms with E-state index in [1.807, 2.05) is 44.3 Å². The van der Waals surface area contributed by atoms with Crippen LogP contribution in [0, 0.1) is 0 Å². The summed E-state index contributed by atoms with van der Waals surface area (Å²) in [6.07, 6.45) is 1.12. The lowest BCUT2D eigenvalue weighted by atomic mass is 10.1. The number of aliphatic hydroxyl groups excluding tert-OH is 1. The van der Waals surface area contributed by atoms with Gasteiger partial charge in [-0.05, 0) is 30.7 Å². The van der Waals surface area contributed by atoms with E-state index < -0.39 is 6.10 Å². The van der Waals surface area contributed by atoms with E-state index in [9.17, 15) is 5.11 Å². The van der Waals surface area contributed by atoms with Crippen molar-refractivity contribution in [3.63, 3.8) is 0 Å². The molecule has 1 atom stereocenters. The molecule has 0 amide bonds. The summed E-state index contributed by atoms with van der Waals surface area (Å²) in [4.78, 5) is 4.51. The maximum atomic E-state index is 10.3. The van der Waals surface area contributed by atoms with Gasteiger partial charge in [0.1, 0.15) is 5.75 Å². The fraction of sp³-hybridized carbons (Fsp3) is 0.412. The monoisotopic (exact) mass is 459 g/mol. The van der Waals surface area contributed by atoms with Crippen LogP contribution < -0.4 is 15.4 Å². The second-order valence-corrected chi connectivity index (χ2v) is 5.31. The van der Waals surface area contributed by atoms with E-state index in [1.165, 1.54) is 0 Å². The normalized spacial score (nSPS) is 12.2. The second kappa shape index (κ2) is 10.9. The van der Waals surface area contributed by atoms with E-state index in [4.69, 9.17) is 4.74 Å². The average Bonchev–Trinajstić information content (AvgIpc) is 3.02. The third-order valence-corrected chi connectivity index (χ3v) is 3.63. The Labute approximate surface area is 165 Å². The quantitative estimate of drug-likeness (QED) is 0.335. The molecule has 1 aromatic carbocycles. The summed E-state index contributed by atoms with van der Waals surface area (Å²) in [5, 5.41) is 20.7. The number of aryl methyl sites for hydroxylation is 1. The molecule has 8 heteroatoms. The zero-order valence-corrected chi connectivity index (χ0v) is 17.1. The molecular formula is C17H26IN5O2. The van der Waals surface area contributed by atoms with Crippen molar-refractivity contribution in [2.45, 2.75) is 19.6 Å². The van der Waals surface area contributed by atoms with Crippen LogP contribution >= 0.6 is 24.0 Å². The number of rotatable bonds is 7. The number of aromatic nitrogens is 2. The molecule has 1 heterocycles. The van der Waals surface area contributed by atoms with Gasteiger partial charge >= 0.3 is 0 Å². The Balaban J connectivity index is 0.00000312. The molecule has 0 saturated carbocycles. The smallest absolute Gasteiger partial charge is 0.191 e. The predicted octanol–water partition coefficient (Wildman–Crippen LogP) is 1.84. The lowest BCUT2D eigenvalue weighted by Gasteiger charge is -2.16. The van der Waals surface area contributed by atoms with Gasteiger partial charge in [-0.1, -0.05) is 12.1 Å². The van der Waals surface area contributed by atoms with Crippen LogP contribution in [-0.2, 0) is 13.6 Å². The molecule has 0 saturated heterocycles. The zero-order valence-electron chi connectivity index (χ0n) is 14.8. The Morgan fingerprint density at radius 2 is 2.00 bits per heavy atom. The Kier molecular flexibility index (Phi) is 9.28. The average molecular weight is 459 g/mol. The number of methoxy groups -OCH3 is 1. The third-order valence-electron chi connectivity index (χ3n) is 3.63. The van der Waals surface area contributed by atoms with E-state index in [2.05, 4.69) is 20.7 Å². The number of guanidine groups is 1. The first-order chi connectivity index (χ1) is 11.6. The van der Waals surface area contributed by atoms with E-state index in [-0.39, 0.29) is 24.0 Å². The Morgan fingerprint density at radius 3 is 2.56 bits per heavy atom. The summed E-state index contributed by atoms with van der Waals surface area (Å²) in [6.45, 7) is 3.63. The molecule has 3 N–H and O–H groups in total. The van der Waals surface area contributed by atoms with Crippen LogP contribution in [0.25, 0.3) is 0 Å². The maximum absolute atomic E-state index is 10.3. The lowest BCUT2D eigenvalue weighted by molar-refractivity contribution is 0.180. The first-order valence-corrected chi connectivity index (χ1v) is 7.95. The van der Waals surface area contributed by atoms with E-state index in [0.717, 1.165) is 23.6 Å². The van der Waals surface area contributed by atoms with Crippen LogP contribution in [0.3, 0.4) is 0 Å². The molecular weight excluding hydrogens is 433 g/mol. The molecule has 138 valence electrons. The number of aliphatic hydroxyl groups is 1. The molecule has 0 radical (unpaired) electrons. The molecule has 25 heavy (non-hydrogen) atoms. The molecule has 0 aliphatic rings. The summed E-state index contributed by atoms with van der Waals surface area (Å²) in [7, 11) is 3.51. The van der Waals surface area contributed by atoms with Crippen molar-refractivity contribution in [1.29, 1.82) is 0 Å². The van der Waals surface area contributed by atoms with Crippen molar-refractivity contribution >= 4 is 29.9 Å². The number of ether oxygens (including phenoxy) is 1. The first kappa shape index (κ1) is 21.2. The molecule has 0 fully saturated rings. The minimum Gasteiger partial charge on any atom is -0.497 e. The number of nitrogens with one attached hydrogen (secondary N) is 2. The minimum absolute atomic E-state index is 0. The van der Waals surface area contributed by atoms with Gasteiger partial charge in [-0.2, -0.15) is 5.10 Å². The van der Waals surface area contributed by atoms with Crippen molar-refractivity contribution in [3.8, 4) is 5.75 Å². The fourth-order valence-electron chi connectivity index (χ4n) is 2.20. The van der Waals surface area contributed by atoms with Crippen molar-refractivity contribution < 1.29 is 9.84 Å². The Morgan fingerprint density at radius 1 is 1.28 bits per heavy atom. The van der Waals surface area contributed by atoms with Gasteiger partial charge in [-0.3, -0.25) is 4.68 Å². The summed E-state index contributed by atoms with van der Waals surface area (Å²) < 4.78 is 6.91. The molecule has 2 rings (SSSR count). The number of hydrogen-bond donors (Lipinski definition) is 3. The molecule has 1 aromatic heterocycles. The number of benzene rings is 1. The molecule has 7 nitrogen and oxygen atoms in total. The molecule has 0 aliphatic heterocycles. The van der Waals surface area contributed by atoms with Crippen LogP contribution in [-0.4, -0.2) is 41.0 Å². The zero-order chi connectivity index (χ0) is 17.4.